The molecule has 0 heterocycles. The summed E-state index contributed by atoms with van der Waals surface area (Å²) in [6, 6.07) is 2.80. The first kappa shape index (κ1) is 17.2. The van der Waals surface area contributed by atoms with Crippen LogP contribution >= 0.6 is 23.2 Å². The Labute approximate surface area is 142 Å². The Morgan fingerprint density at radius 1 is 1.00 bits per heavy atom. The van der Waals surface area contributed by atoms with Crippen LogP contribution in [0.4, 0.5) is 0 Å². The Bertz CT molecular complexity index is 763. The van der Waals surface area contributed by atoms with Crippen molar-refractivity contribution in [1.82, 2.24) is 0 Å². The summed E-state index contributed by atoms with van der Waals surface area (Å²) in [5.74, 6) is -1.97. The summed E-state index contributed by atoms with van der Waals surface area (Å²) < 4.78 is 5.01. The molecular weight excluding hydrogens is 343 g/mol. The quantitative estimate of drug-likeness (QED) is 0.724. The highest BCUT2D eigenvalue weighted by Crippen LogP contribution is 2.45. The number of methoxy groups -OCH3 is 1. The molecule has 0 fully saturated rings. The molecule has 0 radical (unpaired) electrons. The van der Waals surface area contributed by atoms with Crippen molar-refractivity contribution in [3.05, 3.63) is 44.4 Å². The van der Waals surface area contributed by atoms with Crippen LogP contribution in [-0.2, 0) is 0 Å². The molecule has 0 atom stereocenters. The van der Waals surface area contributed by atoms with Crippen molar-refractivity contribution < 1.29 is 24.9 Å². The van der Waals surface area contributed by atoms with Crippen LogP contribution in [-0.4, -0.2) is 28.2 Å². The fraction of sp³-hybridized carbons (Fsp3) is 0.188. The van der Waals surface area contributed by atoms with Crippen LogP contribution in [0.2, 0.25) is 10.0 Å². The largest absolute Gasteiger partial charge is 0.507 e. The number of carbonyl (C=O) groups excluding carboxylic acids is 1. The number of rotatable bonds is 3. The summed E-state index contributed by atoms with van der Waals surface area (Å²) in [6.07, 6.45) is 0. The minimum atomic E-state index is -0.804. The molecule has 0 spiro atoms. The van der Waals surface area contributed by atoms with Gasteiger partial charge in [0.1, 0.15) is 28.6 Å². The third-order valence-corrected chi connectivity index (χ3v) is 4.45. The molecule has 122 valence electrons. The van der Waals surface area contributed by atoms with Gasteiger partial charge in [-0.15, -0.1) is 0 Å². The van der Waals surface area contributed by atoms with Gasteiger partial charge in [-0.05, 0) is 31.0 Å². The standard InChI is InChI=1S/C16H14Cl2O5/c1-6-4-8(23-3)5-9(19)10(6)14(20)11-15(21)12(17)7(2)13(18)16(11)22/h4-5,19,21-22H,1-3H3. The van der Waals surface area contributed by atoms with Crippen molar-refractivity contribution in [3.63, 3.8) is 0 Å². The van der Waals surface area contributed by atoms with E-state index in [0.717, 1.165) is 0 Å². The molecule has 2 aromatic rings. The van der Waals surface area contributed by atoms with Crippen LogP contribution in [0.25, 0.3) is 0 Å². The van der Waals surface area contributed by atoms with Crippen molar-refractivity contribution >= 4 is 29.0 Å². The fourth-order valence-corrected chi connectivity index (χ4v) is 2.70. The molecule has 0 aliphatic carbocycles. The SMILES string of the molecule is COc1cc(C)c(C(=O)c2c(O)c(Cl)c(C)c(Cl)c2O)c(O)c1. The van der Waals surface area contributed by atoms with E-state index in [9.17, 15) is 20.1 Å². The smallest absolute Gasteiger partial charge is 0.204 e. The number of phenols is 3. The molecule has 23 heavy (non-hydrogen) atoms. The maximum Gasteiger partial charge on any atom is 0.204 e. The van der Waals surface area contributed by atoms with E-state index < -0.39 is 22.8 Å². The molecule has 2 rings (SSSR count). The maximum absolute atomic E-state index is 12.7. The van der Waals surface area contributed by atoms with E-state index in [-0.39, 0.29) is 26.9 Å². The number of carbonyl (C=O) groups is 1. The minimum absolute atomic E-state index is 0.0904. The molecule has 0 unspecified atom stereocenters. The average molecular weight is 357 g/mol. The van der Waals surface area contributed by atoms with Gasteiger partial charge in [-0.25, -0.2) is 0 Å². The van der Waals surface area contributed by atoms with E-state index in [4.69, 9.17) is 27.9 Å². The van der Waals surface area contributed by atoms with Crippen molar-refractivity contribution in [2.75, 3.05) is 7.11 Å². The molecule has 0 bridgehead atoms. The third-order valence-electron chi connectivity index (χ3n) is 3.53. The number of halogens is 2. The van der Waals surface area contributed by atoms with Gasteiger partial charge in [-0.1, -0.05) is 23.2 Å². The summed E-state index contributed by atoms with van der Waals surface area (Å²) in [4.78, 5) is 12.7. The summed E-state index contributed by atoms with van der Waals surface area (Å²) in [5, 5.41) is 30.0. The number of aryl methyl sites for hydroxylation is 1. The highest BCUT2D eigenvalue weighted by Gasteiger charge is 2.28. The number of hydrogen-bond acceptors (Lipinski definition) is 5. The molecule has 0 amide bonds. The van der Waals surface area contributed by atoms with Gasteiger partial charge in [0.25, 0.3) is 0 Å². The zero-order valence-electron chi connectivity index (χ0n) is 12.6. The number of aromatic hydroxyl groups is 3. The first-order valence-electron chi connectivity index (χ1n) is 6.52. The summed E-state index contributed by atoms with van der Waals surface area (Å²) in [6.45, 7) is 3.08. The Balaban J connectivity index is 2.73. The second-order valence-corrected chi connectivity index (χ2v) is 5.75. The monoisotopic (exact) mass is 356 g/mol. The van der Waals surface area contributed by atoms with E-state index in [0.29, 0.717) is 11.3 Å². The zero-order valence-corrected chi connectivity index (χ0v) is 14.1. The fourth-order valence-electron chi connectivity index (χ4n) is 2.27. The van der Waals surface area contributed by atoms with Gasteiger partial charge in [0, 0.05) is 6.07 Å². The second kappa shape index (κ2) is 6.18. The van der Waals surface area contributed by atoms with Gasteiger partial charge < -0.3 is 20.1 Å². The minimum Gasteiger partial charge on any atom is -0.507 e. The van der Waals surface area contributed by atoms with Crippen LogP contribution in [0, 0.1) is 13.8 Å². The number of benzene rings is 2. The zero-order chi connectivity index (χ0) is 17.5. The summed E-state index contributed by atoms with van der Waals surface area (Å²) in [7, 11) is 1.42. The number of hydrogen-bond donors (Lipinski definition) is 3. The molecule has 0 aromatic heterocycles. The van der Waals surface area contributed by atoms with E-state index in [2.05, 4.69) is 0 Å². The lowest BCUT2D eigenvalue weighted by Gasteiger charge is -2.15. The number of ketones is 1. The van der Waals surface area contributed by atoms with Gasteiger partial charge in [-0.2, -0.15) is 0 Å². The van der Waals surface area contributed by atoms with Gasteiger partial charge >= 0.3 is 0 Å². The third kappa shape index (κ3) is 2.78. The van der Waals surface area contributed by atoms with Crippen molar-refractivity contribution in [1.29, 1.82) is 0 Å². The highest BCUT2D eigenvalue weighted by molar-refractivity contribution is 6.39. The van der Waals surface area contributed by atoms with Crippen LogP contribution in [0.5, 0.6) is 23.0 Å². The van der Waals surface area contributed by atoms with Crippen LogP contribution in [0.15, 0.2) is 12.1 Å². The van der Waals surface area contributed by atoms with Gasteiger partial charge in [0.2, 0.25) is 5.78 Å². The predicted octanol–water partition coefficient (Wildman–Crippen LogP) is 3.97. The Hall–Kier alpha value is -2.11. The molecule has 0 aliphatic heterocycles. The lowest BCUT2D eigenvalue weighted by molar-refractivity contribution is 0.103. The van der Waals surface area contributed by atoms with E-state index >= 15 is 0 Å². The summed E-state index contributed by atoms with van der Waals surface area (Å²) >= 11 is 11.9. The van der Waals surface area contributed by atoms with Crippen molar-refractivity contribution in [2.45, 2.75) is 13.8 Å². The maximum atomic E-state index is 12.7. The Morgan fingerprint density at radius 3 is 1.96 bits per heavy atom. The molecule has 0 saturated carbocycles. The Kier molecular flexibility index (Phi) is 4.63. The topological polar surface area (TPSA) is 87.0 Å². The van der Waals surface area contributed by atoms with Gasteiger partial charge in [0.05, 0.1) is 22.7 Å². The molecule has 7 heteroatoms. The van der Waals surface area contributed by atoms with Gasteiger partial charge in [0.15, 0.2) is 0 Å². The van der Waals surface area contributed by atoms with Crippen LogP contribution in [0.1, 0.15) is 27.0 Å². The molecule has 0 saturated heterocycles. The number of ether oxygens (including phenoxy) is 1. The van der Waals surface area contributed by atoms with E-state index in [1.165, 1.54) is 20.1 Å². The predicted molar refractivity (Wildman–Crippen MR) is 87.4 cm³/mol. The van der Waals surface area contributed by atoms with E-state index in [1.54, 1.807) is 13.0 Å². The Morgan fingerprint density at radius 2 is 1.52 bits per heavy atom. The van der Waals surface area contributed by atoms with E-state index in [1.807, 2.05) is 0 Å². The first-order chi connectivity index (χ1) is 10.7. The average Bonchev–Trinajstić information content (AvgIpc) is 2.50. The highest BCUT2D eigenvalue weighted by atomic mass is 35.5. The molecule has 5 nitrogen and oxygen atoms in total. The van der Waals surface area contributed by atoms with Crippen molar-refractivity contribution in [3.8, 4) is 23.0 Å². The molecule has 3 N–H and O–H groups in total. The summed E-state index contributed by atoms with van der Waals surface area (Å²) in [5.41, 5.74) is 0.0931. The number of phenolic OH excluding ortho intramolecular Hbond substituents is 3. The molecular formula is C16H14Cl2O5. The molecule has 2 aromatic carbocycles. The lowest BCUT2D eigenvalue weighted by atomic mass is 9.95. The first-order valence-corrected chi connectivity index (χ1v) is 7.28. The van der Waals surface area contributed by atoms with Crippen LogP contribution in [0.3, 0.4) is 0 Å². The van der Waals surface area contributed by atoms with Gasteiger partial charge in [-0.3, -0.25) is 4.79 Å². The van der Waals surface area contributed by atoms with Crippen molar-refractivity contribution in [2.24, 2.45) is 0 Å². The molecule has 0 aliphatic rings. The van der Waals surface area contributed by atoms with Crippen LogP contribution < -0.4 is 4.74 Å². The second-order valence-electron chi connectivity index (χ2n) is 4.99. The normalized spacial score (nSPS) is 10.7. The lowest BCUT2D eigenvalue weighted by Crippen LogP contribution is -2.07.